The summed E-state index contributed by atoms with van der Waals surface area (Å²) in [5, 5.41) is 4.09. The van der Waals surface area contributed by atoms with E-state index in [1.165, 1.54) is 13.1 Å². The fourth-order valence-corrected chi connectivity index (χ4v) is 2.08. The van der Waals surface area contributed by atoms with Crippen molar-refractivity contribution >= 4 is 10.8 Å². The van der Waals surface area contributed by atoms with Crippen molar-refractivity contribution in [3.8, 4) is 0 Å². The van der Waals surface area contributed by atoms with E-state index in [0.717, 1.165) is 16.3 Å². The first kappa shape index (κ1) is 12.9. The Balaban J connectivity index is 2.49. The maximum atomic E-state index is 12.8. The fourth-order valence-electron chi connectivity index (χ4n) is 2.08. The minimum Gasteiger partial charge on any atom is -0.306 e. The van der Waals surface area contributed by atoms with Crippen LogP contribution >= 0.6 is 0 Å². The number of benzene rings is 2. The van der Waals surface area contributed by atoms with Crippen molar-refractivity contribution in [1.29, 1.82) is 0 Å². The molecule has 0 saturated carbocycles. The molecule has 4 heteroatoms. The first-order valence-electron chi connectivity index (χ1n) is 5.66. The molecule has 0 bridgehead atoms. The molecule has 18 heavy (non-hydrogen) atoms. The molecule has 0 amide bonds. The Kier molecular flexibility index (Phi) is 3.30. The fraction of sp³-hybridized carbons (Fsp3) is 0.286. The summed E-state index contributed by atoms with van der Waals surface area (Å²) in [5.74, 6) is 0. The Morgan fingerprint density at radius 3 is 2.22 bits per heavy atom. The van der Waals surface area contributed by atoms with Gasteiger partial charge in [-0.15, -0.1) is 0 Å². The molecule has 1 nitrogen and oxygen atoms in total. The van der Waals surface area contributed by atoms with E-state index in [4.69, 9.17) is 0 Å². The van der Waals surface area contributed by atoms with Gasteiger partial charge in [-0.25, -0.2) is 0 Å². The second-order valence-electron chi connectivity index (χ2n) is 4.37. The lowest BCUT2D eigenvalue weighted by molar-refractivity contribution is -0.156. The number of alkyl halides is 3. The Labute approximate surface area is 104 Å². The zero-order valence-corrected chi connectivity index (χ0v) is 10.2. The van der Waals surface area contributed by atoms with E-state index < -0.39 is 12.2 Å². The molecule has 0 aliphatic heterocycles. The van der Waals surface area contributed by atoms with Crippen molar-refractivity contribution in [2.45, 2.75) is 19.1 Å². The summed E-state index contributed by atoms with van der Waals surface area (Å²) in [6, 6.07) is 8.92. The van der Waals surface area contributed by atoms with E-state index in [-0.39, 0.29) is 5.56 Å². The van der Waals surface area contributed by atoms with E-state index in [1.807, 2.05) is 25.1 Å². The van der Waals surface area contributed by atoms with Gasteiger partial charge in [0, 0.05) is 0 Å². The molecule has 0 saturated heterocycles. The van der Waals surface area contributed by atoms with Crippen molar-refractivity contribution in [2.24, 2.45) is 0 Å². The molecule has 2 aromatic rings. The molecular weight excluding hydrogens is 239 g/mol. The molecule has 2 rings (SSSR count). The van der Waals surface area contributed by atoms with Crippen molar-refractivity contribution in [2.75, 3.05) is 7.05 Å². The Hall–Kier alpha value is -1.55. The number of rotatable bonds is 2. The summed E-state index contributed by atoms with van der Waals surface area (Å²) in [6.07, 6.45) is -4.28. The van der Waals surface area contributed by atoms with Gasteiger partial charge in [0.25, 0.3) is 0 Å². The van der Waals surface area contributed by atoms with Gasteiger partial charge in [-0.05, 0) is 36.4 Å². The summed E-state index contributed by atoms with van der Waals surface area (Å²) in [7, 11) is 1.32. The second-order valence-corrected chi connectivity index (χ2v) is 4.37. The van der Waals surface area contributed by atoms with Crippen LogP contribution in [-0.2, 0) is 0 Å². The maximum Gasteiger partial charge on any atom is 0.407 e. The highest BCUT2D eigenvalue weighted by atomic mass is 19.4. The summed E-state index contributed by atoms with van der Waals surface area (Å²) in [4.78, 5) is 0. The highest BCUT2D eigenvalue weighted by molar-refractivity contribution is 5.83. The average molecular weight is 253 g/mol. The molecule has 1 unspecified atom stereocenters. The van der Waals surface area contributed by atoms with Gasteiger partial charge in [0.15, 0.2) is 0 Å². The molecule has 1 N–H and O–H groups in total. The number of halogens is 3. The van der Waals surface area contributed by atoms with Gasteiger partial charge in [-0.1, -0.05) is 35.9 Å². The van der Waals surface area contributed by atoms with Gasteiger partial charge in [0.2, 0.25) is 0 Å². The summed E-state index contributed by atoms with van der Waals surface area (Å²) in [6.45, 7) is 1.96. The van der Waals surface area contributed by atoms with Crippen LogP contribution < -0.4 is 5.32 Å². The number of fused-ring (bicyclic) bond motifs is 1. The van der Waals surface area contributed by atoms with E-state index >= 15 is 0 Å². The van der Waals surface area contributed by atoms with Crippen LogP contribution in [0.25, 0.3) is 10.8 Å². The van der Waals surface area contributed by atoms with E-state index in [0.29, 0.717) is 0 Å². The molecule has 0 spiro atoms. The standard InChI is InChI=1S/C14H14F3N/c1-9-3-4-11-8-12(6-5-10(11)7-9)13(18-2)14(15,16)17/h3-8,13,18H,1-2H3. The Morgan fingerprint density at radius 2 is 1.61 bits per heavy atom. The van der Waals surface area contributed by atoms with Crippen molar-refractivity contribution in [3.05, 3.63) is 47.5 Å². The quantitative estimate of drug-likeness (QED) is 0.853. The third-order valence-electron chi connectivity index (χ3n) is 2.97. The van der Waals surface area contributed by atoms with E-state index in [1.54, 1.807) is 12.1 Å². The lowest BCUT2D eigenvalue weighted by Crippen LogP contribution is -2.31. The van der Waals surface area contributed by atoms with Crippen molar-refractivity contribution < 1.29 is 13.2 Å². The van der Waals surface area contributed by atoms with Crippen molar-refractivity contribution in [3.63, 3.8) is 0 Å². The van der Waals surface area contributed by atoms with Crippen LogP contribution in [0.1, 0.15) is 17.2 Å². The Morgan fingerprint density at radius 1 is 1.00 bits per heavy atom. The minimum atomic E-state index is -4.28. The SMILES string of the molecule is CNC(c1ccc2cc(C)ccc2c1)C(F)(F)F. The topological polar surface area (TPSA) is 12.0 Å². The molecule has 0 radical (unpaired) electrons. The van der Waals surface area contributed by atoms with Crippen LogP contribution in [0.3, 0.4) is 0 Å². The normalized spacial score (nSPS) is 13.8. The molecule has 0 aliphatic rings. The molecule has 2 aromatic carbocycles. The average Bonchev–Trinajstić information content (AvgIpc) is 2.28. The lowest BCUT2D eigenvalue weighted by atomic mass is 10.0. The molecule has 0 fully saturated rings. The predicted molar refractivity (Wildman–Crippen MR) is 66.5 cm³/mol. The van der Waals surface area contributed by atoms with E-state index in [9.17, 15) is 13.2 Å². The van der Waals surface area contributed by atoms with Gasteiger partial charge >= 0.3 is 6.18 Å². The van der Waals surface area contributed by atoms with Gasteiger partial charge < -0.3 is 5.32 Å². The monoisotopic (exact) mass is 253 g/mol. The highest BCUT2D eigenvalue weighted by Crippen LogP contribution is 2.33. The number of aryl methyl sites for hydroxylation is 1. The van der Waals surface area contributed by atoms with Crippen LogP contribution in [0.4, 0.5) is 13.2 Å². The summed E-state index contributed by atoms with van der Waals surface area (Å²) < 4.78 is 38.4. The Bertz CT molecular complexity index is 560. The predicted octanol–water partition coefficient (Wildman–Crippen LogP) is 3.97. The number of nitrogens with one attached hydrogen (secondary N) is 1. The van der Waals surface area contributed by atoms with Gasteiger partial charge in [-0.2, -0.15) is 13.2 Å². The van der Waals surface area contributed by atoms with Gasteiger partial charge in [-0.3, -0.25) is 0 Å². The second kappa shape index (κ2) is 4.61. The van der Waals surface area contributed by atoms with Crippen molar-refractivity contribution in [1.82, 2.24) is 5.32 Å². The molecule has 0 aromatic heterocycles. The van der Waals surface area contributed by atoms with Crippen LogP contribution in [0, 0.1) is 6.92 Å². The zero-order valence-electron chi connectivity index (χ0n) is 10.2. The highest BCUT2D eigenvalue weighted by Gasteiger charge is 2.39. The van der Waals surface area contributed by atoms with Crippen LogP contribution in [0.2, 0.25) is 0 Å². The lowest BCUT2D eigenvalue weighted by Gasteiger charge is -2.20. The molecular formula is C14H14F3N. The van der Waals surface area contributed by atoms with Crippen LogP contribution in [0.15, 0.2) is 36.4 Å². The molecule has 1 atom stereocenters. The van der Waals surface area contributed by atoms with Gasteiger partial charge in [0.1, 0.15) is 6.04 Å². The van der Waals surface area contributed by atoms with Gasteiger partial charge in [0.05, 0.1) is 0 Å². The number of hydrogen-bond donors (Lipinski definition) is 1. The molecule has 0 heterocycles. The summed E-state index contributed by atoms with van der Waals surface area (Å²) in [5.41, 5.74) is 1.33. The molecule has 0 aliphatic carbocycles. The third-order valence-corrected chi connectivity index (χ3v) is 2.97. The first-order chi connectivity index (χ1) is 8.41. The largest absolute Gasteiger partial charge is 0.407 e. The van der Waals surface area contributed by atoms with E-state index in [2.05, 4.69) is 5.32 Å². The smallest absolute Gasteiger partial charge is 0.306 e. The maximum absolute atomic E-state index is 12.8. The number of hydrogen-bond acceptors (Lipinski definition) is 1. The van der Waals surface area contributed by atoms with Crippen LogP contribution in [0.5, 0.6) is 0 Å². The van der Waals surface area contributed by atoms with Crippen LogP contribution in [-0.4, -0.2) is 13.2 Å². The minimum absolute atomic E-state index is 0.237. The summed E-state index contributed by atoms with van der Waals surface area (Å²) >= 11 is 0. The third kappa shape index (κ3) is 2.48. The zero-order chi connectivity index (χ0) is 13.3. The first-order valence-corrected chi connectivity index (χ1v) is 5.66. The molecule has 96 valence electrons.